The van der Waals surface area contributed by atoms with Gasteiger partial charge >= 0.3 is 0 Å². The van der Waals surface area contributed by atoms with Gasteiger partial charge in [0.1, 0.15) is 0 Å². The van der Waals surface area contributed by atoms with Crippen molar-refractivity contribution in [2.45, 2.75) is 140 Å². The SMILES string of the molecule is C=C(C/C(C)=C/C=C(C)C)c1ccc(CCC(C)(C)C(C)CCC)cc1.C=C(CCCC(CCC)C(=C)C)c1cccc(CC)c1. The molecule has 0 heterocycles. The molecule has 0 nitrogen and oxygen atoms in total. The Morgan fingerprint density at radius 2 is 1.41 bits per heavy atom. The van der Waals surface area contributed by atoms with Gasteiger partial charge < -0.3 is 0 Å². The van der Waals surface area contributed by atoms with Crippen molar-refractivity contribution in [1.29, 1.82) is 0 Å². The predicted octanol–water partition coefficient (Wildman–Crippen LogP) is 14.8. The first-order valence-corrected chi connectivity index (χ1v) is 18.2. The van der Waals surface area contributed by atoms with Crippen molar-refractivity contribution in [3.05, 3.63) is 119 Å². The molecule has 0 N–H and O–H groups in total. The van der Waals surface area contributed by atoms with E-state index in [9.17, 15) is 0 Å². The minimum absolute atomic E-state index is 0.408. The van der Waals surface area contributed by atoms with Crippen molar-refractivity contribution >= 4 is 11.1 Å². The molecule has 254 valence electrons. The summed E-state index contributed by atoms with van der Waals surface area (Å²) in [6.45, 7) is 35.3. The van der Waals surface area contributed by atoms with E-state index in [0.717, 1.165) is 31.6 Å². The Bertz CT molecular complexity index is 1260. The van der Waals surface area contributed by atoms with Gasteiger partial charge in [0, 0.05) is 0 Å². The van der Waals surface area contributed by atoms with Gasteiger partial charge in [-0.15, -0.1) is 0 Å². The second-order valence-corrected chi connectivity index (χ2v) is 14.8. The van der Waals surface area contributed by atoms with Crippen molar-refractivity contribution in [3.63, 3.8) is 0 Å². The molecule has 2 aromatic carbocycles. The third-order valence-corrected chi connectivity index (χ3v) is 9.78. The summed E-state index contributed by atoms with van der Waals surface area (Å²) in [7, 11) is 0. The smallest absolute Gasteiger partial charge is 0.00667 e. The predicted molar refractivity (Wildman–Crippen MR) is 211 cm³/mol. The number of rotatable bonds is 19. The van der Waals surface area contributed by atoms with E-state index in [1.54, 1.807) is 0 Å². The van der Waals surface area contributed by atoms with Gasteiger partial charge in [0.05, 0.1) is 0 Å². The summed E-state index contributed by atoms with van der Waals surface area (Å²) in [5.41, 5.74) is 12.3. The maximum Gasteiger partial charge on any atom is -0.00667 e. The molecule has 0 saturated heterocycles. The van der Waals surface area contributed by atoms with Crippen LogP contribution in [0.5, 0.6) is 0 Å². The largest absolute Gasteiger partial charge is 0.0999 e. The molecule has 0 bridgehead atoms. The van der Waals surface area contributed by atoms with E-state index >= 15 is 0 Å². The summed E-state index contributed by atoms with van der Waals surface area (Å²) in [6, 6.07) is 17.9. The Morgan fingerprint density at radius 3 is 1.98 bits per heavy atom. The molecule has 0 aromatic heterocycles. The van der Waals surface area contributed by atoms with Crippen LogP contribution >= 0.6 is 0 Å². The first-order valence-electron chi connectivity index (χ1n) is 18.2. The standard InChI is InChI=1S/C26H40.C20H30/c1-9-10-23(6)26(7,8)18-17-24-13-15-25(16-14-24)22(5)19-21(4)12-11-20(2)3;1-6-10-19(16(3)4)13-8-11-17(5)20-14-9-12-18(7-2)15-20/h11-16,23H,5,9-10,17-19H2,1-4,6-8H3;9,12,14-15,19H,3,5-8,10-11,13H2,1-2,4H3/b21-12+;. The fourth-order valence-corrected chi connectivity index (χ4v) is 5.95. The van der Waals surface area contributed by atoms with Crippen LogP contribution in [0.4, 0.5) is 0 Å². The van der Waals surface area contributed by atoms with Gasteiger partial charge in [0.15, 0.2) is 0 Å². The zero-order valence-corrected chi connectivity index (χ0v) is 31.8. The van der Waals surface area contributed by atoms with Gasteiger partial charge in [0.25, 0.3) is 0 Å². The van der Waals surface area contributed by atoms with Crippen LogP contribution in [-0.2, 0) is 12.8 Å². The lowest BCUT2D eigenvalue weighted by Gasteiger charge is -2.32. The number of hydrogen-bond acceptors (Lipinski definition) is 0. The number of hydrogen-bond donors (Lipinski definition) is 0. The maximum atomic E-state index is 4.29. The summed E-state index contributed by atoms with van der Waals surface area (Å²) in [5, 5.41) is 0. The van der Waals surface area contributed by atoms with Gasteiger partial charge in [-0.2, -0.15) is 0 Å². The summed E-state index contributed by atoms with van der Waals surface area (Å²) < 4.78 is 0. The minimum Gasteiger partial charge on any atom is -0.0999 e. The van der Waals surface area contributed by atoms with E-state index in [1.807, 2.05) is 0 Å². The van der Waals surface area contributed by atoms with E-state index in [0.29, 0.717) is 11.3 Å². The molecular weight excluding hydrogens is 553 g/mol. The van der Waals surface area contributed by atoms with Crippen molar-refractivity contribution in [1.82, 2.24) is 0 Å². The molecular formula is C46H70. The van der Waals surface area contributed by atoms with Gasteiger partial charge in [-0.05, 0) is 130 Å². The van der Waals surface area contributed by atoms with Crippen LogP contribution in [-0.4, -0.2) is 0 Å². The minimum atomic E-state index is 0.408. The van der Waals surface area contributed by atoms with Crippen LogP contribution in [0.3, 0.4) is 0 Å². The third kappa shape index (κ3) is 16.1. The monoisotopic (exact) mass is 623 g/mol. The highest BCUT2D eigenvalue weighted by Crippen LogP contribution is 2.35. The number of aryl methyl sites for hydroxylation is 2. The Balaban J connectivity index is 0.000000476. The van der Waals surface area contributed by atoms with E-state index in [-0.39, 0.29) is 0 Å². The summed E-state index contributed by atoms with van der Waals surface area (Å²) in [4.78, 5) is 0. The first-order chi connectivity index (χ1) is 21.7. The Morgan fingerprint density at radius 1 is 0.761 bits per heavy atom. The Labute approximate surface area is 286 Å². The Hall–Kier alpha value is -2.86. The second kappa shape index (κ2) is 21.8. The molecule has 0 amide bonds. The van der Waals surface area contributed by atoms with E-state index < -0.39 is 0 Å². The number of allylic oxidation sites excluding steroid dienone is 7. The lowest BCUT2D eigenvalue weighted by Crippen LogP contribution is -2.22. The first kappa shape index (κ1) is 41.2. The fourth-order valence-electron chi connectivity index (χ4n) is 5.95. The van der Waals surface area contributed by atoms with Gasteiger partial charge in [-0.1, -0.05) is 158 Å². The van der Waals surface area contributed by atoms with Crippen LogP contribution in [0.2, 0.25) is 0 Å². The molecule has 0 radical (unpaired) electrons. The normalized spacial score (nSPS) is 12.9. The fraction of sp³-hybridized carbons (Fsp3) is 0.522. The molecule has 2 rings (SSSR count). The zero-order chi connectivity index (χ0) is 34.7. The van der Waals surface area contributed by atoms with Gasteiger partial charge in [-0.3, -0.25) is 0 Å². The lowest BCUT2D eigenvalue weighted by atomic mass is 9.74. The van der Waals surface area contributed by atoms with E-state index in [1.165, 1.54) is 95.1 Å². The van der Waals surface area contributed by atoms with Crippen LogP contribution in [0.1, 0.15) is 149 Å². The lowest BCUT2D eigenvalue weighted by molar-refractivity contribution is 0.199. The molecule has 0 saturated carbocycles. The molecule has 46 heavy (non-hydrogen) atoms. The van der Waals surface area contributed by atoms with Crippen molar-refractivity contribution in [3.8, 4) is 0 Å². The summed E-state index contributed by atoms with van der Waals surface area (Å²) in [5.74, 6) is 1.47. The van der Waals surface area contributed by atoms with E-state index in [2.05, 4.69) is 150 Å². The number of benzene rings is 2. The Kier molecular flexibility index (Phi) is 19.5. The van der Waals surface area contributed by atoms with Crippen molar-refractivity contribution in [2.75, 3.05) is 0 Å². The molecule has 2 unspecified atom stereocenters. The molecule has 0 heteroatoms. The maximum absolute atomic E-state index is 4.29. The average molecular weight is 623 g/mol. The summed E-state index contributed by atoms with van der Waals surface area (Å²) in [6.07, 6.45) is 17.5. The highest BCUT2D eigenvalue weighted by Gasteiger charge is 2.24. The molecule has 0 aliphatic carbocycles. The molecule has 2 atom stereocenters. The molecule has 0 aliphatic heterocycles. The molecule has 0 aliphatic rings. The second-order valence-electron chi connectivity index (χ2n) is 14.8. The van der Waals surface area contributed by atoms with E-state index in [4.69, 9.17) is 0 Å². The topological polar surface area (TPSA) is 0 Å². The van der Waals surface area contributed by atoms with Gasteiger partial charge in [0.2, 0.25) is 0 Å². The van der Waals surface area contributed by atoms with Gasteiger partial charge in [-0.25, -0.2) is 0 Å². The zero-order valence-electron chi connectivity index (χ0n) is 31.8. The highest BCUT2D eigenvalue weighted by molar-refractivity contribution is 5.65. The van der Waals surface area contributed by atoms with Crippen molar-refractivity contribution < 1.29 is 0 Å². The highest BCUT2D eigenvalue weighted by atomic mass is 14.3. The van der Waals surface area contributed by atoms with Crippen molar-refractivity contribution in [2.24, 2.45) is 17.3 Å². The molecule has 0 fully saturated rings. The third-order valence-electron chi connectivity index (χ3n) is 9.78. The van der Waals surface area contributed by atoms with Crippen LogP contribution in [0.15, 0.2) is 97.1 Å². The molecule has 2 aromatic rings. The van der Waals surface area contributed by atoms with Crippen LogP contribution in [0, 0.1) is 17.3 Å². The summed E-state index contributed by atoms with van der Waals surface area (Å²) >= 11 is 0. The average Bonchev–Trinajstić information content (AvgIpc) is 3.03. The quantitative estimate of drug-likeness (QED) is 0.108. The van der Waals surface area contributed by atoms with Crippen LogP contribution < -0.4 is 0 Å². The molecule has 0 spiro atoms. The van der Waals surface area contributed by atoms with Crippen LogP contribution in [0.25, 0.3) is 11.1 Å².